The van der Waals surface area contributed by atoms with Gasteiger partial charge in [-0.1, -0.05) is 104 Å². The van der Waals surface area contributed by atoms with Crippen molar-refractivity contribution in [2.45, 2.75) is 19.8 Å². The highest BCUT2D eigenvalue weighted by atomic mass is 14.2. The lowest BCUT2D eigenvalue weighted by molar-refractivity contribution is 1.12. The number of hydrogen-bond acceptors (Lipinski definition) is 0. The molecule has 0 radical (unpaired) electrons. The van der Waals surface area contributed by atoms with Crippen molar-refractivity contribution >= 4 is 39.8 Å². The molecule has 0 atom stereocenters. The zero-order valence-electron chi connectivity index (χ0n) is 20.4. The van der Waals surface area contributed by atoms with Crippen molar-refractivity contribution in [1.29, 1.82) is 0 Å². The third-order valence-electron chi connectivity index (χ3n) is 6.99. The Kier molecular flexibility index (Phi) is 6.21. The van der Waals surface area contributed by atoms with Gasteiger partial charge >= 0.3 is 0 Å². The summed E-state index contributed by atoms with van der Waals surface area (Å²) in [7, 11) is 0. The molecule has 35 heavy (non-hydrogen) atoms. The van der Waals surface area contributed by atoms with Crippen LogP contribution in [0.2, 0.25) is 0 Å². The summed E-state index contributed by atoms with van der Waals surface area (Å²) in [6.45, 7) is 12.3. The van der Waals surface area contributed by atoms with Gasteiger partial charge in [-0.2, -0.15) is 0 Å². The molecule has 5 aromatic carbocycles. The van der Waals surface area contributed by atoms with E-state index in [1.807, 2.05) is 6.08 Å². The SMILES string of the molecule is C=C.C=Cc1c(C)cccc1-c1c2c(c(-c3ccc4ccccc4c3)c3ccccc13)=CCCC=2. The van der Waals surface area contributed by atoms with E-state index in [-0.39, 0.29) is 0 Å². The van der Waals surface area contributed by atoms with Crippen LogP contribution < -0.4 is 10.4 Å². The number of hydrogen-bond donors (Lipinski definition) is 0. The van der Waals surface area contributed by atoms with E-state index in [9.17, 15) is 0 Å². The second kappa shape index (κ2) is 9.60. The van der Waals surface area contributed by atoms with E-state index in [2.05, 4.69) is 124 Å². The molecule has 0 nitrogen and oxygen atoms in total. The highest BCUT2D eigenvalue weighted by Gasteiger charge is 2.17. The fourth-order valence-electron chi connectivity index (χ4n) is 5.47. The molecule has 0 fully saturated rings. The minimum Gasteiger partial charge on any atom is -0.106 e. The van der Waals surface area contributed by atoms with Gasteiger partial charge in [-0.05, 0) is 91.2 Å². The predicted octanol–water partition coefficient (Wildman–Crippen LogP) is 8.44. The summed E-state index contributed by atoms with van der Waals surface area (Å²) in [6.07, 6.45) is 9.05. The number of benzene rings is 5. The Morgan fingerprint density at radius 1 is 0.657 bits per heavy atom. The normalized spacial score (nSPS) is 12.1. The van der Waals surface area contributed by atoms with Gasteiger partial charge in [-0.15, -0.1) is 13.2 Å². The first-order valence-corrected chi connectivity index (χ1v) is 12.2. The third-order valence-corrected chi connectivity index (χ3v) is 6.99. The zero-order chi connectivity index (χ0) is 24.4. The van der Waals surface area contributed by atoms with E-state index in [1.54, 1.807) is 0 Å². The van der Waals surface area contributed by atoms with Gasteiger partial charge in [-0.25, -0.2) is 0 Å². The molecule has 6 rings (SSSR count). The van der Waals surface area contributed by atoms with Gasteiger partial charge in [0.05, 0.1) is 0 Å². The van der Waals surface area contributed by atoms with Gasteiger partial charge in [0.25, 0.3) is 0 Å². The third kappa shape index (κ3) is 3.82. The first-order valence-electron chi connectivity index (χ1n) is 12.2. The summed E-state index contributed by atoms with van der Waals surface area (Å²) in [5.74, 6) is 0. The number of rotatable bonds is 3. The second-order valence-corrected chi connectivity index (χ2v) is 8.91. The van der Waals surface area contributed by atoms with Gasteiger partial charge in [0, 0.05) is 0 Å². The average Bonchev–Trinajstić information content (AvgIpc) is 2.92. The molecule has 0 saturated carbocycles. The Hall–Kier alpha value is -4.16. The van der Waals surface area contributed by atoms with Crippen molar-refractivity contribution in [3.05, 3.63) is 126 Å². The lowest BCUT2D eigenvalue weighted by atomic mass is 9.84. The molecule has 0 bridgehead atoms. The minimum absolute atomic E-state index is 1.07. The largest absolute Gasteiger partial charge is 0.106 e. The van der Waals surface area contributed by atoms with Crippen molar-refractivity contribution < 1.29 is 0 Å². The maximum absolute atomic E-state index is 4.15. The summed E-state index contributed by atoms with van der Waals surface area (Å²) in [5, 5.41) is 7.90. The minimum atomic E-state index is 1.07. The van der Waals surface area contributed by atoms with E-state index in [0.29, 0.717) is 0 Å². The molecule has 0 aliphatic heterocycles. The molecule has 0 heterocycles. The number of aryl methyl sites for hydroxylation is 1. The van der Waals surface area contributed by atoms with Gasteiger partial charge < -0.3 is 0 Å². The van der Waals surface area contributed by atoms with Crippen LogP contribution in [0, 0.1) is 6.92 Å². The van der Waals surface area contributed by atoms with E-state index in [1.165, 1.54) is 65.4 Å². The molecule has 170 valence electrons. The summed E-state index contributed by atoms with van der Waals surface area (Å²) >= 11 is 0. The van der Waals surface area contributed by atoms with E-state index < -0.39 is 0 Å². The molecule has 0 spiro atoms. The molecular formula is C35H30. The van der Waals surface area contributed by atoms with Crippen LogP contribution in [0.5, 0.6) is 0 Å². The van der Waals surface area contributed by atoms with Crippen molar-refractivity contribution in [2.75, 3.05) is 0 Å². The molecule has 1 aliphatic carbocycles. The van der Waals surface area contributed by atoms with Crippen LogP contribution in [0.1, 0.15) is 24.0 Å². The Labute approximate surface area is 207 Å². The van der Waals surface area contributed by atoms with E-state index >= 15 is 0 Å². The molecule has 0 amide bonds. The standard InChI is InChI=1S/C33H26.C2H4/c1-3-26-22(2)11-10-18-27(26)33-30-16-8-6-14-28(30)32(29-15-7-9-17-31(29)33)25-20-19-23-12-4-5-13-24(23)21-25;1-2/h3-6,8,10-21H,1,7,9H2,2H3;1-2H2. The topological polar surface area (TPSA) is 0 Å². The van der Waals surface area contributed by atoms with E-state index in [4.69, 9.17) is 0 Å². The fourth-order valence-corrected chi connectivity index (χ4v) is 5.47. The zero-order valence-corrected chi connectivity index (χ0v) is 20.4. The fraction of sp³-hybridized carbons (Fsp3) is 0.0857. The van der Waals surface area contributed by atoms with Gasteiger partial charge in [-0.3, -0.25) is 0 Å². The molecule has 0 saturated heterocycles. The Morgan fingerprint density at radius 3 is 2.00 bits per heavy atom. The van der Waals surface area contributed by atoms with Gasteiger partial charge in [0.15, 0.2) is 0 Å². The Morgan fingerprint density at radius 2 is 1.29 bits per heavy atom. The Balaban J connectivity index is 0.00000124. The van der Waals surface area contributed by atoms with Gasteiger partial charge in [0.2, 0.25) is 0 Å². The van der Waals surface area contributed by atoms with Crippen LogP contribution in [0.15, 0.2) is 105 Å². The van der Waals surface area contributed by atoms with Crippen molar-refractivity contribution in [1.82, 2.24) is 0 Å². The monoisotopic (exact) mass is 450 g/mol. The highest BCUT2D eigenvalue weighted by molar-refractivity contribution is 6.07. The van der Waals surface area contributed by atoms with Crippen LogP contribution in [0.3, 0.4) is 0 Å². The summed E-state index contributed by atoms with van der Waals surface area (Å²) in [6, 6.07) is 31.0. The van der Waals surface area contributed by atoms with Gasteiger partial charge in [0.1, 0.15) is 0 Å². The first kappa shape index (κ1) is 22.6. The maximum atomic E-state index is 4.15. The Bertz CT molecular complexity index is 1700. The van der Waals surface area contributed by atoms with Crippen LogP contribution in [0.4, 0.5) is 0 Å². The summed E-state index contributed by atoms with van der Waals surface area (Å²) in [5.41, 5.74) is 7.72. The van der Waals surface area contributed by atoms with E-state index in [0.717, 1.165) is 12.8 Å². The van der Waals surface area contributed by atoms with Crippen molar-refractivity contribution in [3.8, 4) is 22.3 Å². The number of fused-ring (bicyclic) bond motifs is 3. The molecule has 0 N–H and O–H groups in total. The quantitative estimate of drug-likeness (QED) is 0.242. The maximum Gasteiger partial charge on any atom is -0.00236 e. The van der Waals surface area contributed by atoms with Crippen molar-refractivity contribution in [3.63, 3.8) is 0 Å². The first-order chi connectivity index (χ1) is 17.3. The molecule has 1 aliphatic rings. The van der Waals surface area contributed by atoms with Crippen LogP contribution in [-0.2, 0) is 0 Å². The predicted molar refractivity (Wildman–Crippen MR) is 156 cm³/mol. The van der Waals surface area contributed by atoms with Crippen LogP contribution in [-0.4, -0.2) is 0 Å². The lowest BCUT2D eigenvalue weighted by Gasteiger charge is -2.19. The average molecular weight is 451 g/mol. The van der Waals surface area contributed by atoms with Crippen LogP contribution in [0.25, 0.3) is 62.0 Å². The lowest BCUT2D eigenvalue weighted by Crippen LogP contribution is -2.31. The molecule has 5 aromatic rings. The summed E-state index contributed by atoms with van der Waals surface area (Å²) < 4.78 is 0. The summed E-state index contributed by atoms with van der Waals surface area (Å²) in [4.78, 5) is 0. The highest BCUT2D eigenvalue weighted by Crippen LogP contribution is 2.35. The molecule has 0 unspecified atom stereocenters. The molecule has 0 heteroatoms. The van der Waals surface area contributed by atoms with Crippen molar-refractivity contribution in [2.24, 2.45) is 0 Å². The molecule has 0 aromatic heterocycles. The smallest absolute Gasteiger partial charge is 0.00236 e. The second-order valence-electron chi connectivity index (χ2n) is 8.91. The molecular weight excluding hydrogens is 420 g/mol. The van der Waals surface area contributed by atoms with Crippen LogP contribution >= 0.6 is 0 Å².